The van der Waals surface area contributed by atoms with Crippen molar-refractivity contribution < 1.29 is 17.9 Å². The second-order valence-electron chi connectivity index (χ2n) is 7.74. The molecule has 1 heterocycles. The van der Waals surface area contributed by atoms with Gasteiger partial charge in [0.05, 0.1) is 17.9 Å². The molecule has 0 saturated carbocycles. The molecule has 7 heteroatoms. The van der Waals surface area contributed by atoms with Crippen LogP contribution in [-0.4, -0.2) is 38.8 Å². The van der Waals surface area contributed by atoms with Crippen molar-refractivity contribution in [3.63, 3.8) is 0 Å². The summed E-state index contributed by atoms with van der Waals surface area (Å²) in [5.74, 6) is 0.204. The van der Waals surface area contributed by atoms with Gasteiger partial charge in [-0.15, -0.1) is 0 Å². The molecule has 1 aliphatic heterocycles. The molecular formula is C24H26N2O4S. The van der Waals surface area contributed by atoms with Crippen LogP contribution in [0.25, 0.3) is 10.8 Å². The highest BCUT2D eigenvalue weighted by Gasteiger charge is 2.33. The van der Waals surface area contributed by atoms with Gasteiger partial charge in [-0.3, -0.25) is 4.79 Å². The van der Waals surface area contributed by atoms with Gasteiger partial charge in [-0.1, -0.05) is 48.5 Å². The van der Waals surface area contributed by atoms with E-state index in [4.69, 9.17) is 4.74 Å². The topological polar surface area (TPSA) is 75.7 Å². The number of methoxy groups -OCH3 is 1. The number of carbonyl (C=O) groups excluding carboxylic acids is 1. The summed E-state index contributed by atoms with van der Waals surface area (Å²) in [6.45, 7) is 0.954. The van der Waals surface area contributed by atoms with E-state index in [0.29, 0.717) is 31.7 Å². The van der Waals surface area contributed by atoms with Crippen molar-refractivity contribution in [2.75, 3.05) is 20.2 Å². The molecule has 31 heavy (non-hydrogen) atoms. The Bertz CT molecular complexity index is 1190. The highest BCUT2D eigenvalue weighted by molar-refractivity contribution is 7.89. The Kier molecular flexibility index (Phi) is 6.25. The van der Waals surface area contributed by atoms with E-state index in [9.17, 15) is 13.2 Å². The predicted molar refractivity (Wildman–Crippen MR) is 120 cm³/mol. The van der Waals surface area contributed by atoms with Crippen molar-refractivity contribution in [2.45, 2.75) is 24.3 Å². The Labute approximate surface area is 182 Å². The summed E-state index contributed by atoms with van der Waals surface area (Å²) in [6, 6.07) is 20.4. The lowest BCUT2D eigenvalue weighted by atomic mass is 9.98. The number of hydrogen-bond acceptors (Lipinski definition) is 4. The quantitative estimate of drug-likeness (QED) is 0.639. The van der Waals surface area contributed by atoms with Crippen molar-refractivity contribution in [3.8, 4) is 5.75 Å². The average molecular weight is 439 g/mol. The van der Waals surface area contributed by atoms with Crippen LogP contribution < -0.4 is 10.1 Å². The fourth-order valence-corrected chi connectivity index (χ4v) is 5.59. The Balaban J connectivity index is 1.46. The number of nitrogens with zero attached hydrogens (tertiary/aromatic N) is 1. The first-order valence-electron chi connectivity index (χ1n) is 10.4. The van der Waals surface area contributed by atoms with Crippen LogP contribution >= 0.6 is 0 Å². The van der Waals surface area contributed by atoms with Gasteiger partial charge in [-0.05, 0) is 41.8 Å². The highest BCUT2D eigenvalue weighted by atomic mass is 32.2. The summed E-state index contributed by atoms with van der Waals surface area (Å²) >= 11 is 0. The lowest BCUT2D eigenvalue weighted by molar-refractivity contribution is -0.126. The number of hydrogen-bond donors (Lipinski definition) is 1. The van der Waals surface area contributed by atoms with E-state index in [2.05, 4.69) is 5.32 Å². The molecule has 0 spiro atoms. The van der Waals surface area contributed by atoms with Crippen molar-refractivity contribution in [3.05, 3.63) is 72.3 Å². The van der Waals surface area contributed by atoms with Gasteiger partial charge >= 0.3 is 0 Å². The molecule has 1 atom stereocenters. The first kappa shape index (κ1) is 21.3. The molecule has 4 rings (SSSR count). The normalized spacial score (nSPS) is 17.4. The van der Waals surface area contributed by atoms with Gasteiger partial charge in [-0.2, -0.15) is 4.31 Å². The van der Waals surface area contributed by atoms with Crippen LogP contribution in [0.4, 0.5) is 0 Å². The van der Waals surface area contributed by atoms with Crippen molar-refractivity contribution in [2.24, 2.45) is 5.92 Å². The van der Waals surface area contributed by atoms with Crippen LogP contribution in [0.3, 0.4) is 0 Å². The van der Waals surface area contributed by atoms with Gasteiger partial charge in [0, 0.05) is 25.2 Å². The molecule has 1 N–H and O–H groups in total. The van der Waals surface area contributed by atoms with E-state index >= 15 is 0 Å². The Hall–Kier alpha value is -2.90. The zero-order valence-corrected chi connectivity index (χ0v) is 18.3. The fraction of sp³-hybridized carbons (Fsp3) is 0.292. The second-order valence-corrected chi connectivity index (χ2v) is 9.68. The molecule has 0 bridgehead atoms. The lowest BCUT2D eigenvalue weighted by Gasteiger charge is -2.31. The number of amides is 1. The zero-order valence-electron chi connectivity index (χ0n) is 17.5. The second kappa shape index (κ2) is 9.08. The number of carbonyl (C=O) groups is 1. The van der Waals surface area contributed by atoms with E-state index in [1.54, 1.807) is 19.2 Å². The number of sulfonamides is 1. The minimum Gasteiger partial charge on any atom is -0.496 e. The number of fused-ring (bicyclic) bond motifs is 1. The van der Waals surface area contributed by atoms with Crippen LogP contribution in [0.5, 0.6) is 5.75 Å². The molecule has 6 nitrogen and oxygen atoms in total. The monoisotopic (exact) mass is 438 g/mol. The molecule has 1 amide bonds. The van der Waals surface area contributed by atoms with Crippen LogP contribution in [-0.2, 0) is 21.4 Å². The molecule has 3 aromatic carbocycles. The molecule has 162 valence electrons. The zero-order chi connectivity index (χ0) is 21.8. The molecule has 1 aliphatic rings. The number of ether oxygens (including phenoxy) is 1. The predicted octanol–water partition coefficient (Wildman–Crippen LogP) is 3.57. The molecule has 0 aliphatic carbocycles. The number of para-hydroxylation sites is 1. The molecule has 1 saturated heterocycles. The third-order valence-corrected chi connectivity index (χ3v) is 7.62. The first-order chi connectivity index (χ1) is 15.0. The third kappa shape index (κ3) is 4.57. The molecule has 0 radical (unpaired) electrons. The van der Waals surface area contributed by atoms with Crippen molar-refractivity contribution >= 4 is 26.7 Å². The van der Waals surface area contributed by atoms with E-state index in [-0.39, 0.29) is 23.3 Å². The highest BCUT2D eigenvalue weighted by Crippen LogP contribution is 2.26. The van der Waals surface area contributed by atoms with Gasteiger partial charge in [0.15, 0.2) is 0 Å². The molecule has 1 fully saturated rings. The summed E-state index contributed by atoms with van der Waals surface area (Å²) in [6.07, 6.45) is 1.32. The minimum atomic E-state index is -3.66. The largest absolute Gasteiger partial charge is 0.496 e. The van der Waals surface area contributed by atoms with E-state index < -0.39 is 10.0 Å². The third-order valence-electron chi connectivity index (χ3n) is 5.76. The smallest absolute Gasteiger partial charge is 0.243 e. The molecule has 3 aromatic rings. The van der Waals surface area contributed by atoms with Gasteiger partial charge < -0.3 is 10.1 Å². The molecule has 0 unspecified atom stereocenters. The standard InChI is InChI=1S/C24H26N2O4S/c1-30-23-11-5-4-9-20(23)16-25-24(27)21-10-6-14-26(17-21)31(28,29)22-13-12-18-7-2-3-8-19(18)15-22/h2-5,7-9,11-13,15,21H,6,10,14,16-17H2,1H3,(H,25,27)/t21-/m0/s1. The van der Waals surface area contributed by atoms with Crippen molar-refractivity contribution in [1.82, 2.24) is 9.62 Å². The average Bonchev–Trinajstić information content (AvgIpc) is 2.82. The SMILES string of the molecule is COc1ccccc1CNC(=O)[C@H]1CCCN(S(=O)(=O)c2ccc3ccccc3c2)C1. The minimum absolute atomic E-state index is 0.135. The van der Waals surface area contributed by atoms with Crippen LogP contribution in [0.1, 0.15) is 18.4 Å². The number of piperidine rings is 1. The summed E-state index contributed by atoms with van der Waals surface area (Å²) in [7, 11) is -2.07. The summed E-state index contributed by atoms with van der Waals surface area (Å²) in [5.41, 5.74) is 0.884. The van der Waals surface area contributed by atoms with E-state index in [1.165, 1.54) is 4.31 Å². The Morgan fingerprint density at radius 3 is 2.61 bits per heavy atom. The number of rotatable bonds is 6. The summed E-state index contributed by atoms with van der Waals surface area (Å²) in [4.78, 5) is 13.0. The maximum absolute atomic E-state index is 13.2. The van der Waals surface area contributed by atoms with Gasteiger partial charge in [-0.25, -0.2) is 8.42 Å². The van der Waals surface area contributed by atoms with Crippen LogP contribution in [0, 0.1) is 5.92 Å². The van der Waals surface area contributed by atoms with E-state index in [1.807, 2.05) is 54.6 Å². The van der Waals surface area contributed by atoms with Gasteiger partial charge in [0.25, 0.3) is 0 Å². The maximum atomic E-state index is 13.2. The summed E-state index contributed by atoms with van der Waals surface area (Å²) < 4.78 is 33.2. The maximum Gasteiger partial charge on any atom is 0.243 e. The Morgan fingerprint density at radius 1 is 1.06 bits per heavy atom. The lowest BCUT2D eigenvalue weighted by Crippen LogP contribution is -2.45. The van der Waals surface area contributed by atoms with Crippen molar-refractivity contribution in [1.29, 1.82) is 0 Å². The Morgan fingerprint density at radius 2 is 1.81 bits per heavy atom. The number of benzene rings is 3. The van der Waals surface area contributed by atoms with Gasteiger partial charge in [0.1, 0.15) is 5.75 Å². The molecular weight excluding hydrogens is 412 g/mol. The first-order valence-corrected chi connectivity index (χ1v) is 11.8. The van der Waals surface area contributed by atoms with Gasteiger partial charge in [0.2, 0.25) is 15.9 Å². The fourth-order valence-electron chi connectivity index (χ4n) is 4.03. The van der Waals surface area contributed by atoms with E-state index in [0.717, 1.165) is 16.3 Å². The van der Waals surface area contributed by atoms with Crippen LogP contribution in [0.15, 0.2) is 71.6 Å². The molecule has 0 aromatic heterocycles. The number of nitrogens with one attached hydrogen (secondary N) is 1. The summed E-state index contributed by atoms with van der Waals surface area (Å²) in [5, 5.41) is 4.81. The van der Waals surface area contributed by atoms with Crippen LogP contribution in [0.2, 0.25) is 0 Å².